The number of carboxylic acid groups (broad SMARTS) is 1. The Balaban J connectivity index is 1.29. The number of rotatable bonds is 11. The summed E-state index contributed by atoms with van der Waals surface area (Å²) in [6, 6.07) is 8.11. The van der Waals surface area contributed by atoms with Gasteiger partial charge in [-0.3, -0.25) is 4.79 Å². The number of nitrogens with zero attached hydrogens (tertiary/aromatic N) is 1. The van der Waals surface area contributed by atoms with Gasteiger partial charge in [0, 0.05) is 12.3 Å². The molecule has 5 unspecified atom stereocenters. The van der Waals surface area contributed by atoms with Crippen LogP contribution < -0.4 is 0 Å². The predicted octanol–water partition coefficient (Wildman–Crippen LogP) is 7.33. The first-order valence-electron chi connectivity index (χ1n) is 14.8. The third-order valence-electron chi connectivity index (χ3n) is 10.2. The summed E-state index contributed by atoms with van der Waals surface area (Å²) in [5.74, 6) is -0.188. The SMILES string of the molecule is Cc1cccc(COC2CC3C(F)(C(=O)O)[C@]34N=[P+](C[C@@H](C)OC(=O)C[C@@H]3C[C@H](C)CC[C@H]3C(C)C)C24CI)c1. The molecule has 3 fully saturated rings. The molecule has 1 N–H and O–H groups in total. The maximum absolute atomic E-state index is 15.9. The number of hydrogen-bond acceptors (Lipinski definition) is 5. The van der Waals surface area contributed by atoms with Crippen molar-refractivity contribution in [1.29, 1.82) is 0 Å². The topological polar surface area (TPSA) is 85.2 Å². The number of esters is 1. The molecule has 1 aromatic rings. The number of carbonyl (C=O) groups is 2. The Bertz CT molecular complexity index is 1200. The third kappa shape index (κ3) is 4.67. The van der Waals surface area contributed by atoms with Gasteiger partial charge in [-0.25, -0.2) is 9.18 Å². The van der Waals surface area contributed by atoms with Gasteiger partial charge in [-0.15, -0.1) is 0 Å². The second kappa shape index (κ2) is 11.2. The van der Waals surface area contributed by atoms with Gasteiger partial charge >= 0.3 is 11.9 Å². The van der Waals surface area contributed by atoms with E-state index in [9.17, 15) is 14.7 Å². The van der Waals surface area contributed by atoms with Gasteiger partial charge in [0.25, 0.3) is 0 Å². The Hall–Kier alpha value is -1.12. The quantitative estimate of drug-likeness (QED) is 0.114. The van der Waals surface area contributed by atoms with Gasteiger partial charge in [-0.05, 0) is 62.3 Å². The largest absolute Gasteiger partial charge is 0.479 e. The summed E-state index contributed by atoms with van der Waals surface area (Å²) in [7, 11) is -1.14. The highest BCUT2D eigenvalue weighted by molar-refractivity contribution is 14.1. The van der Waals surface area contributed by atoms with E-state index in [1.54, 1.807) is 0 Å². The highest BCUT2D eigenvalue weighted by Crippen LogP contribution is 2.86. The van der Waals surface area contributed by atoms with E-state index in [2.05, 4.69) is 49.4 Å². The Kier molecular flexibility index (Phi) is 8.48. The summed E-state index contributed by atoms with van der Waals surface area (Å²) < 4.78 is 33.8. The van der Waals surface area contributed by atoms with Crippen LogP contribution >= 0.6 is 30.3 Å². The van der Waals surface area contributed by atoms with Gasteiger partial charge in [0.1, 0.15) is 12.2 Å². The number of halogens is 2. The number of carbonyl (C=O) groups excluding carboxylic acids is 1. The molecule has 0 radical (unpaired) electrons. The van der Waals surface area contributed by atoms with Crippen molar-refractivity contribution in [2.24, 2.45) is 34.3 Å². The molecular weight excluding hydrogens is 643 g/mol. The van der Waals surface area contributed by atoms with Crippen molar-refractivity contribution in [2.45, 2.75) is 102 Å². The van der Waals surface area contributed by atoms with Gasteiger partial charge < -0.3 is 14.6 Å². The van der Waals surface area contributed by atoms with E-state index in [-0.39, 0.29) is 18.2 Å². The van der Waals surface area contributed by atoms with Crippen molar-refractivity contribution in [3.05, 3.63) is 35.4 Å². The highest BCUT2D eigenvalue weighted by atomic mass is 127. The molecule has 220 valence electrons. The number of benzene rings is 1. The second-order valence-electron chi connectivity index (χ2n) is 13.2. The Labute approximate surface area is 252 Å². The Morgan fingerprint density at radius 3 is 2.65 bits per heavy atom. The van der Waals surface area contributed by atoms with Crippen molar-refractivity contribution >= 4 is 42.2 Å². The summed E-state index contributed by atoms with van der Waals surface area (Å²) in [5.41, 5.74) is -1.36. The van der Waals surface area contributed by atoms with E-state index in [1.807, 2.05) is 32.0 Å². The number of hydrogen-bond donors (Lipinski definition) is 1. The van der Waals surface area contributed by atoms with E-state index in [1.165, 1.54) is 6.42 Å². The second-order valence-corrected chi connectivity index (χ2v) is 16.1. The molecule has 9 heteroatoms. The van der Waals surface area contributed by atoms with Crippen LogP contribution in [0.3, 0.4) is 0 Å². The highest BCUT2D eigenvalue weighted by Gasteiger charge is 3.04. The summed E-state index contributed by atoms with van der Waals surface area (Å²) in [6.45, 7) is 11.1. The Morgan fingerprint density at radius 2 is 2.00 bits per heavy atom. The van der Waals surface area contributed by atoms with Crippen LogP contribution in [0.5, 0.6) is 0 Å². The first-order chi connectivity index (χ1) is 18.9. The van der Waals surface area contributed by atoms with E-state index in [4.69, 9.17) is 14.2 Å². The molecule has 10 atom stereocenters. The monoisotopic (exact) mass is 686 g/mol. The molecule has 5 rings (SSSR count). The van der Waals surface area contributed by atoms with Crippen molar-refractivity contribution in [3.63, 3.8) is 0 Å². The van der Waals surface area contributed by atoms with Gasteiger partial charge in [-0.2, -0.15) is 0 Å². The molecule has 1 aliphatic heterocycles. The van der Waals surface area contributed by atoms with E-state index in [0.29, 0.717) is 53.7 Å². The fraction of sp³-hybridized carbons (Fsp3) is 0.742. The molecule has 4 aliphatic rings. The molecule has 1 aromatic carbocycles. The fourth-order valence-electron chi connectivity index (χ4n) is 8.31. The van der Waals surface area contributed by atoms with Crippen molar-refractivity contribution in [1.82, 2.24) is 0 Å². The Morgan fingerprint density at radius 1 is 1.25 bits per heavy atom. The number of alkyl halides is 2. The van der Waals surface area contributed by atoms with Crippen LogP contribution in [0, 0.1) is 36.5 Å². The maximum atomic E-state index is 15.9. The number of ether oxygens (including phenoxy) is 2. The van der Waals surface area contributed by atoms with Crippen molar-refractivity contribution in [2.75, 3.05) is 10.6 Å². The lowest BCUT2D eigenvalue weighted by Gasteiger charge is -2.40. The number of aliphatic carboxylic acids is 1. The van der Waals surface area contributed by atoms with Crippen LogP contribution in [-0.4, -0.2) is 56.2 Å². The minimum atomic E-state index is -2.33. The summed E-state index contributed by atoms with van der Waals surface area (Å²) in [5, 5.41) is 9.18. The average Bonchev–Trinajstić information content (AvgIpc) is 3.33. The predicted molar refractivity (Wildman–Crippen MR) is 163 cm³/mol. The molecule has 0 saturated heterocycles. The zero-order valence-corrected chi connectivity index (χ0v) is 27.3. The van der Waals surface area contributed by atoms with Crippen LogP contribution in [0.2, 0.25) is 0 Å². The molecular formula is C31H43FINO5P+. The zero-order chi connectivity index (χ0) is 29.0. The lowest BCUT2D eigenvalue weighted by atomic mass is 9.69. The molecule has 6 nitrogen and oxygen atoms in total. The summed E-state index contributed by atoms with van der Waals surface area (Å²) >= 11 is 2.27. The molecule has 1 spiro atoms. The normalized spacial score (nSPS) is 39.5. The lowest BCUT2D eigenvalue weighted by Crippen LogP contribution is -2.60. The first-order valence-corrected chi connectivity index (χ1v) is 17.8. The van der Waals surface area contributed by atoms with Crippen LogP contribution in [0.1, 0.15) is 70.9 Å². The van der Waals surface area contributed by atoms with Crippen molar-refractivity contribution < 1.29 is 28.6 Å². The standard InChI is InChI=1S/C31H42FINO5P/c1-18(2)24-10-9-20(4)12-23(24)13-27(35)39-21(5)16-40-29(17-33)26(38-15-22-8-6-7-19(3)11-22)14-25-30(32,28(36)37)31(25,29)34-40/h6-8,11,18,20-21,23-26H,9-10,12-17H2,1-5H3/p+1/t20-,21-,23+,24+,25?,26?,29?,30?,31+/m1/s1. The summed E-state index contributed by atoms with van der Waals surface area (Å²) in [4.78, 5) is 25.2. The van der Waals surface area contributed by atoms with Gasteiger partial charge in [0.2, 0.25) is 24.1 Å². The van der Waals surface area contributed by atoms with Crippen LogP contribution in [0.25, 0.3) is 0 Å². The smallest absolute Gasteiger partial charge is 0.344 e. The first kappa shape index (κ1) is 30.3. The third-order valence-corrected chi connectivity index (χ3v) is 15.2. The van der Waals surface area contributed by atoms with Gasteiger partial charge in [0.15, 0.2) is 6.16 Å². The molecule has 0 aromatic heterocycles. The van der Waals surface area contributed by atoms with Crippen LogP contribution in [0.4, 0.5) is 4.39 Å². The zero-order valence-electron chi connectivity index (χ0n) is 24.2. The van der Waals surface area contributed by atoms with Gasteiger partial charge in [0.05, 0.1) is 11.0 Å². The molecule has 0 bridgehead atoms. The van der Waals surface area contributed by atoms with Crippen LogP contribution in [-0.2, 0) is 25.7 Å². The average molecular weight is 687 g/mol. The lowest BCUT2D eigenvalue weighted by molar-refractivity contribution is -0.149. The number of carboxylic acids is 1. The van der Waals surface area contributed by atoms with Crippen LogP contribution in [0.15, 0.2) is 29.0 Å². The van der Waals surface area contributed by atoms with E-state index >= 15 is 4.39 Å². The number of aryl methyl sites for hydroxylation is 1. The molecule has 0 amide bonds. The minimum Gasteiger partial charge on any atom is -0.479 e. The van der Waals surface area contributed by atoms with Crippen molar-refractivity contribution in [3.8, 4) is 0 Å². The molecule has 40 heavy (non-hydrogen) atoms. The minimum absolute atomic E-state index is 0.167. The summed E-state index contributed by atoms with van der Waals surface area (Å²) in [6.07, 6.45) is 4.09. The molecule has 3 saturated carbocycles. The van der Waals surface area contributed by atoms with E-state index in [0.717, 1.165) is 24.0 Å². The fourth-order valence-corrected chi connectivity index (χ4v) is 13.8. The molecule has 3 aliphatic carbocycles. The molecule has 1 heterocycles. The van der Waals surface area contributed by atoms with E-state index < -0.39 is 36.0 Å². The maximum Gasteiger partial charge on any atom is 0.344 e. The van der Waals surface area contributed by atoms with Gasteiger partial charge in [-0.1, -0.05) is 84.4 Å².